The van der Waals surface area contributed by atoms with Crippen molar-refractivity contribution in [2.75, 3.05) is 20.1 Å². The minimum absolute atomic E-state index is 0.0194. The first kappa shape index (κ1) is 26.8. The third-order valence-electron chi connectivity index (χ3n) is 6.47. The van der Waals surface area contributed by atoms with Crippen molar-refractivity contribution in [2.45, 2.75) is 51.5 Å². The van der Waals surface area contributed by atoms with Gasteiger partial charge >= 0.3 is 6.03 Å². The van der Waals surface area contributed by atoms with E-state index in [-0.39, 0.29) is 24.8 Å². The lowest BCUT2D eigenvalue weighted by Gasteiger charge is -2.38. The van der Waals surface area contributed by atoms with E-state index in [4.69, 9.17) is 9.47 Å². The Hall–Kier alpha value is -3.23. The summed E-state index contributed by atoms with van der Waals surface area (Å²) in [5.41, 5.74) is 5.16. The van der Waals surface area contributed by atoms with Crippen LogP contribution in [0.3, 0.4) is 0 Å². The SMILES string of the molecule is CCNC(=O)NCc1ccc([C@@H]2O[C@H](CN(C)Cc3ccccc3)C[C@H](c3ccc(CO)cc3)O2)cc1. The molecule has 0 unspecified atom stereocenters. The molecule has 0 saturated carbocycles. The van der Waals surface area contributed by atoms with Crippen LogP contribution in [0.4, 0.5) is 4.79 Å². The minimum Gasteiger partial charge on any atom is -0.392 e. The fourth-order valence-corrected chi connectivity index (χ4v) is 4.54. The molecule has 7 heteroatoms. The summed E-state index contributed by atoms with van der Waals surface area (Å²) >= 11 is 0. The monoisotopic (exact) mass is 503 g/mol. The van der Waals surface area contributed by atoms with Gasteiger partial charge in [-0.2, -0.15) is 0 Å². The highest BCUT2D eigenvalue weighted by atomic mass is 16.7. The molecule has 0 bridgehead atoms. The van der Waals surface area contributed by atoms with Crippen LogP contribution in [0.5, 0.6) is 0 Å². The van der Waals surface area contributed by atoms with E-state index in [9.17, 15) is 9.90 Å². The lowest BCUT2D eigenvalue weighted by molar-refractivity contribution is -0.252. The fourth-order valence-electron chi connectivity index (χ4n) is 4.54. The van der Waals surface area contributed by atoms with Crippen LogP contribution < -0.4 is 10.6 Å². The zero-order chi connectivity index (χ0) is 26.0. The number of nitrogens with one attached hydrogen (secondary N) is 2. The molecule has 3 N–H and O–H groups in total. The Kier molecular flexibility index (Phi) is 9.68. The van der Waals surface area contributed by atoms with Gasteiger partial charge in [0.1, 0.15) is 0 Å². The van der Waals surface area contributed by atoms with Gasteiger partial charge in [-0.3, -0.25) is 4.90 Å². The van der Waals surface area contributed by atoms with Crippen LogP contribution in [0.2, 0.25) is 0 Å². The second-order valence-corrected chi connectivity index (χ2v) is 9.49. The number of amides is 2. The summed E-state index contributed by atoms with van der Waals surface area (Å²) in [5.74, 6) is 0. The Balaban J connectivity index is 1.46. The molecule has 7 nitrogen and oxygen atoms in total. The first-order valence-electron chi connectivity index (χ1n) is 12.9. The molecule has 3 aromatic carbocycles. The zero-order valence-corrected chi connectivity index (χ0v) is 21.6. The van der Waals surface area contributed by atoms with Gasteiger partial charge in [0, 0.05) is 38.2 Å². The van der Waals surface area contributed by atoms with Gasteiger partial charge in [-0.1, -0.05) is 78.9 Å². The van der Waals surface area contributed by atoms with Crippen LogP contribution in [0.15, 0.2) is 78.9 Å². The summed E-state index contributed by atoms with van der Waals surface area (Å²) in [6.07, 6.45) is 0.0920. The number of carbonyl (C=O) groups excluding carboxylic acids is 1. The molecular formula is C30H37N3O4. The molecule has 0 aromatic heterocycles. The number of carbonyl (C=O) groups is 1. The number of urea groups is 1. The van der Waals surface area contributed by atoms with Crippen molar-refractivity contribution < 1.29 is 19.4 Å². The molecule has 4 rings (SSSR count). The number of nitrogens with zero attached hydrogens (tertiary/aromatic N) is 1. The van der Waals surface area contributed by atoms with Gasteiger partial charge in [-0.15, -0.1) is 0 Å². The third kappa shape index (κ3) is 7.87. The van der Waals surface area contributed by atoms with Gasteiger partial charge in [0.25, 0.3) is 0 Å². The second kappa shape index (κ2) is 13.4. The van der Waals surface area contributed by atoms with E-state index in [0.29, 0.717) is 13.1 Å². The molecule has 1 aliphatic heterocycles. The lowest BCUT2D eigenvalue weighted by Crippen LogP contribution is -2.37. The van der Waals surface area contributed by atoms with Crippen LogP contribution in [0.25, 0.3) is 0 Å². The number of hydrogen-bond donors (Lipinski definition) is 3. The first-order chi connectivity index (χ1) is 18.0. The Morgan fingerprint density at radius 3 is 2.24 bits per heavy atom. The molecule has 3 aromatic rings. The van der Waals surface area contributed by atoms with Crippen molar-refractivity contribution in [3.05, 3.63) is 107 Å². The van der Waals surface area contributed by atoms with Crippen molar-refractivity contribution >= 4 is 6.03 Å². The number of aliphatic hydroxyl groups excluding tert-OH is 1. The van der Waals surface area contributed by atoms with Gasteiger partial charge in [0.05, 0.1) is 18.8 Å². The van der Waals surface area contributed by atoms with Crippen molar-refractivity contribution in [3.8, 4) is 0 Å². The van der Waals surface area contributed by atoms with Crippen molar-refractivity contribution in [2.24, 2.45) is 0 Å². The maximum absolute atomic E-state index is 11.7. The molecule has 3 atom stereocenters. The number of aliphatic hydroxyl groups is 1. The van der Waals surface area contributed by atoms with E-state index in [1.807, 2.05) is 61.5 Å². The molecule has 37 heavy (non-hydrogen) atoms. The van der Waals surface area contributed by atoms with E-state index >= 15 is 0 Å². The third-order valence-corrected chi connectivity index (χ3v) is 6.47. The highest BCUT2D eigenvalue weighted by Gasteiger charge is 2.32. The molecular weight excluding hydrogens is 466 g/mol. The average molecular weight is 504 g/mol. The molecule has 1 saturated heterocycles. The average Bonchev–Trinajstić information content (AvgIpc) is 2.93. The van der Waals surface area contributed by atoms with Gasteiger partial charge in [-0.25, -0.2) is 4.79 Å². The number of rotatable bonds is 10. The van der Waals surface area contributed by atoms with Gasteiger partial charge < -0.3 is 25.2 Å². The highest BCUT2D eigenvalue weighted by Crippen LogP contribution is 2.38. The molecule has 196 valence electrons. The standard InChI is InChI=1S/C30H37N3O4/c1-3-31-30(35)32-18-22-9-15-26(16-10-22)29-36-27(20-33(2)19-23-7-5-4-6-8-23)17-28(37-29)25-13-11-24(21-34)12-14-25/h4-16,27-29,34H,3,17-21H2,1-2H3,(H2,31,32,35)/t27-,28+,29+/m0/s1. The number of hydrogen-bond acceptors (Lipinski definition) is 5. The summed E-state index contributed by atoms with van der Waals surface area (Å²) in [6, 6.07) is 26.2. The molecule has 1 fully saturated rings. The van der Waals surface area contributed by atoms with Crippen LogP contribution in [-0.2, 0) is 29.2 Å². The fraction of sp³-hybridized carbons (Fsp3) is 0.367. The Morgan fingerprint density at radius 2 is 1.57 bits per heavy atom. The first-order valence-corrected chi connectivity index (χ1v) is 12.9. The van der Waals surface area contributed by atoms with Crippen LogP contribution in [0.1, 0.15) is 53.6 Å². The molecule has 0 spiro atoms. The predicted octanol–water partition coefficient (Wildman–Crippen LogP) is 4.68. The van der Waals surface area contributed by atoms with Gasteiger partial charge in [0.15, 0.2) is 6.29 Å². The quantitative estimate of drug-likeness (QED) is 0.374. The zero-order valence-electron chi connectivity index (χ0n) is 21.6. The van der Waals surface area contributed by atoms with Gasteiger partial charge in [-0.05, 0) is 36.2 Å². The van der Waals surface area contributed by atoms with Crippen LogP contribution in [0, 0.1) is 0 Å². The Morgan fingerprint density at radius 1 is 0.892 bits per heavy atom. The van der Waals surface area contributed by atoms with E-state index in [0.717, 1.165) is 41.8 Å². The topological polar surface area (TPSA) is 83.1 Å². The molecule has 1 aliphatic rings. The van der Waals surface area contributed by atoms with Crippen molar-refractivity contribution in [1.29, 1.82) is 0 Å². The van der Waals surface area contributed by atoms with E-state index < -0.39 is 6.29 Å². The van der Waals surface area contributed by atoms with Crippen LogP contribution in [-0.4, -0.2) is 42.3 Å². The van der Waals surface area contributed by atoms with E-state index in [2.05, 4.69) is 46.8 Å². The Labute approximate surface area is 219 Å². The normalized spacial score (nSPS) is 19.5. The van der Waals surface area contributed by atoms with E-state index in [1.54, 1.807) is 0 Å². The smallest absolute Gasteiger partial charge is 0.315 e. The number of benzene rings is 3. The molecule has 0 radical (unpaired) electrons. The maximum Gasteiger partial charge on any atom is 0.315 e. The minimum atomic E-state index is -0.503. The second-order valence-electron chi connectivity index (χ2n) is 9.49. The molecule has 1 heterocycles. The summed E-state index contributed by atoms with van der Waals surface area (Å²) in [4.78, 5) is 14.0. The summed E-state index contributed by atoms with van der Waals surface area (Å²) in [7, 11) is 2.11. The summed E-state index contributed by atoms with van der Waals surface area (Å²) in [5, 5.41) is 15.0. The Bertz CT molecular complexity index is 1110. The largest absolute Gasteiger partial charge is 0.392 e. The van der Waals surface area contributed by atoms with Crippen LogP contribution >= 0.6 is 0 Å². The number of likely N-dealkylation sites (N-methyl/N-ethyl adjacent to an activating group) is 1. The number of ether oxygens (including phenoxy) is 2. The van der Waals surface area contributed by atoms with Crippen molar-refractivity contribution in [3.63, 3.8) is 0 Å². The molecule has 2 amide bonds. The summed E-state index contributed by atoms with van der Waals surface area (Å²) < 4.78 is 12.9. The predicted molar refractivity (Wildman–Crippen MR) is 144 cm³/mol. The molecule has 0 aliphatic carbocycles. The van der Waals surface area contributed by atoms with E-state index in [1.165, 1.54) is 5.56 Å². The lowest BCUT2D eigenvalue weighted by atomic mass is 9.99. The highest BCUT2D eigenvalue weighted by molar-refractivity contribution is 5.73. The van der Waals surface area contributed by atoms with Crippen molar-refractivity contribution in [1.82, 2.24) is 15.5 Å². The maximum atomic E-state index is 11.7. The summed E-state index contributed by atoms with van der Waals surface area (Å²) in [6.45, 7) is 4.56. The van der Waals surface area contributed by atoms with Gasteiger partial charge in [0.2, 0.25) is 0 Å².